The summed E-state index contributed by atoms with van der Waals surface area (Å²) in [7, 11) is 3.33. The van der Waals surface area contributed by atoms with E-state index in [2.05, 4.69) is 0 Å². The number of thioether (sulfide) groups is 2. The molecule has 0 aliphatic heterocycles. The van der Waals surface area contributed by atoms with Crippen LogP contribution in [0.2, 0.25) is 0 Å². The maximum Gasteiger partial charge on any atom is 0.253 e. The smallest absolute Gasteiger partial charge is 0.253 e. The van der Waals surface area contributed by atoms with Crippen molar-refractivity contribution >= 4 is 51.1 Å². The molecule has 9 heteroatoms. The number of nitrogens with zero attached hydrogens (tertiary/aromatic N) is 2. The van der Waals surface area contributed by atoms with E-state index in [-0.39, 0.29) is 25.0 Å². The number of carbonyl (C=O) groups excluding carboxylic acids is 2. The molecule has 2 N–H and O–H groups in total. The molecule has 0 fully saturated rings. The zero-order valence-corrected chi connectivity index (χ0v) is 20.6. The van der Waals surface area contributed by atoms with Crippen molar-refractivity contribution in [3.8, 4) is 0 Å². The Morgan fingerprint density at radius 3 is 1.41 bits per heavy atom. The molecule has 0 unspecified atom stereocenters. The summed E-state index contributed by atoms with van der Waals surface area (Å²) in [6.07, 6.45) is 0. The Kier molecular flexibility index (Phi) is 11.2. The Balaban J connectivity index is 1.79. The molecule has 172 valence electrons. The van der Waals surface area contributed by atoms with Crippen LogP contribution in [0.4, 0.5) is 0 Å². The Bertz CT molecular complexity index is 831. The van der Waals surface area contributed by atoms with Gasteiger partial charge in [0.2, 0.25) is 0 Å². The van der Waals surface area contributed by atoms with Crippen molar-refractivity contribution in [1.82, 2.24) is 9.80 Å². The van der Waals surface area contributed by atoms with E-state index in [9.17, 15) is 9.59 Å². The molecule has 2 rings (SSSR count). The van der Waals surface area contributed by atoms with Crippen LogP contribution in [0.3, 0.4) is 0 Å². The molecule has 0 atom stereocenters. The second-order valence-corrected chi connectivity index (χ2v) is 10.3. The van der Waals surface area contributed by atoms with Gasteiger partial charge in [-0.05, 0) is 35.4 Å². The van der Waals surface area contributed by atoms with Crippen molar-refractivity contribution < 1.29 is 19.8 Å². The van der Waals surface area contributed by atoms with Crippen molar-refractivity contribution in [2.75, 3.05) is 40.4 Å². The van der Waals surface area contributed by atoms with Crippen molar-refractivity contribution in [3.63, 3.8) is 0 Å². The predicted molar refractivity (Wildman–Crippen MR) is 136 cm³/mol. The first kappa shape index (κ1) is 26.3. The molecule has 0 aliphatic rings. The summed E-state index contributed by atoms with van der Waals surface area (Å²) in [6.45, 7) is 0.496. The lowest BCUT2D eigenvalue weighted by Crippen LogP contribution is -2.29. The SMILES string of the molecule is CN(CCO)C(=O)c1ccc(CSC(=S)SCc2ccc(C(=O)N(C)CCO)cc2)cc1. The molecule has 0 aliphatic carbocycles. The maximum absolute atomic E-state index is 12.2. The maximum atomic E-state index is 12.2. The van der Waals surface area contributed by atoms with E-state index in [1.165, 1.54) is 9.80 Å². The Labute approximate surface area is 203 Å². The summed E-state index contributed by atoms with van der Waals surface area (Å²) in [5.74, 6) is 1.21. The van der Waals surface area contributed by atoms with Crippen LogP contribution in [0.5, 0.6) is 0 Å². The quantitative estimate of drug-likeness (QED) is 0.493. The normalized spacial score (nSPS) is 10.6. The van der Waals surface area contributed by atoms with Crippen LogP contribution in [0.25, 0.3) is 0 Å². The van der Waals surface area contributed by atoms with Crippen molar-refractivity contribution in [3.05, 3.63) is 70.8 Å². The van der Waals surface area contributed by atoms with Crippen LogP contribution in [0.1, 0.15) is 31.8 Å². The standard InChI is InChI=1S/C23H28N2O4S3/c1-24(11-13-26)21(28)19-7-3-17(4-8-19)15-31-23(30)32-16-18-5-9-20(10-6-18)22(29)25(2)12-14-27/h3-10,26-27H,11-16H2,1-2H3. The molecule has 2 aromatic carbocycles. The highest BCUT2D eigenvalue weighted by Gasteiger charge is 2.12. The van der Waals surface area contributed by atoms with E-state index in [1.807, 2.05) is 24.3 Å². The average Bonchev–Trinajstić information content (AvgIpc) is 2.81. The third kappa shape index (κ3) is 8.22. The van der Waals surface area contributed by atoms with E-state index < -0.39 is 0 Å². The third-order valence-corrected chi connectivity index (χ3v) is 7.52. The Hall–Kier alpha value is -1.91. The topological polar surface area (TPSA) is 81.1 Å². The molecule has 0 saturated heterocycles. The van der Waals surface area contributed by atoms with Crippen molar-refractivity contribution in [1.29, 1.82) is 0 Å². The van der Waals surface area contributed by atoms with Gasteiger partial charge in [-0.1, -0.05) is 36.5 Å². The monoisotopic (exact) mass is 492 g/mol. The highest BCUT2D eigenvalue weighted by molar-refractivity contribution is 8.46. The first-order valence-corrected chi connectivity index (χ1v) is 12.4. The van der Waals surface area contributed by atoms with Crippen molar-refractivity contribution in [2.24, 2.45) is 0 Å². The molecule has 0 bridgehead atoms. The van der Waals surface area contributed by atoms with E-state index in [0.717, 1.165) is 26.2 Å². The molecule has 0 spiro atoms. The lowest BCUT2D eigenvalue weighted by molar-refractivity contribution is 0.0761. The molecule has 0 saturated carbocycles. The lowest BCUT2D eigenvalue weighted by Gasteiger charge is -2.15. The number of hydrogen-bond donors (Lipinski definition) is 2. The van der Waals surface area contributed by atoms with Gasteiger partial charge in [0.1, 0.15) is 3.53 Å². The van der Waals surface area contributed by atoms with Crippen LogP contribution in [0, 0.1) is 0 Å². The minimum atomic E-state index is -0.114. The number of aliphatic hydroxyl groups excluding tert-OH is 2. The highest BCUT2D eigenvalue weighted by atomic mass is 32.2. The molecule has 0 radical (unpaired) electrons. The molecule has 0 heterocycles. The van der Waals surface area contributed by atoms with E-state index in [0.29, 0.717) is 24.2 Å². The van der Waals surface area contributed by atoms with Crippen LogP contribution in [-0.4, -0.2) is 75.8 Å². The number of rotatable bonds is 10. The van der Waals surface area contributed by atoms with E-state index >= 15 is 0 Å². The first-order chi connectivity index (χ1) is 15.3. The zero-order chi connectivity index (χ0) is 23.5. The third-order valence-electron chi connectivity index (χ3n) is 4.68. The largest absolute Gasteiger partial charge is 0.395 e. The van der Waals surface area contributed by atoms with Gasteiger partial charge < -0.3 is 20.0 Å². The minimum Gasteiger partial charge on any atom is -0.395 e. The first-order valence-electron chi connectivity index (χ1n) is 10.1. The number of benzene rings is 2. The summed E-state index contributed by atoms with van der Waals surface area (Å²) in [5, 5.41) is 17.9. The second kappa shape index (κ2) is 13.6. The van der Waals surface area contributed by atoms with Gasteiger partial charge in [-0.15, -0.1) is 23.5 Å². The molecule has 2 aromatic rings. The van der Waals surface area contributed by atoms with Gasteiger partial charge in [0.05, 0.1) is 13.2 Å². The van der Waals surface area contributed by atoms with Gasteiger partial charge in [-0.25, -0.2) is 0 Å². The zero-order valence-electron chi connectivity index (χ0n) is 18.2. The molecule has 6 nitrogen and oxygen atoms in total. The summed E-state index contributed by atoms with van der Waals surface area (Å²) in [5.41, 5.74) is 3.34. The average molecular weight is 493 g/mol. The fourth-order valence-corrected chi connectivity index (χ4v) is 4.75. The van der Waals surface area contributed by atoms with Crippen LogP contribution >= 0.6 is 35.7 Å². The second-order valence-electron chi connectivity index (χ2n) is 7.12. The van der Waals surface area contributed by atoms with Crippen molar-refractivity contribution in [2.45, 2.75) is 11.5 Å². The lowest BCUT2D eigenvalue weighted by atomic mass is 10.1. The van der Waals surface area contributed by atoms with Gasteiger partial charge in [0.15, 0.2) is 0 Å². The summed E-state index contributed by atoms with van der Waals surface area (Å²) >= 11 is 8.62. The van der Waals surface area contributed by atoms with Gasteiger partial charge in [0.25, 0.3) is 11.8 Å². The molecule has 32 heavy (non-hydrogen) atoms. The van der Waals surface area contributed by atoms with Crippen LogP contribution < -0.4 is 0 Å². The Morgan fingerprint density at radius 2 is 1.09 bits per heavy atom. The van der Waals surface area contributed by atoms with Gasteiger partial charge >= 0.3 is 0 Å². The number of hydrogen-bond acceptors (Lipinski definition) is 7. The molecule has 0 aromatic heterocycles. The number of likely N-dealkylation sites (N-methyl/N-ethyl adjacent to an activating group) is 2. The fraction of sp³-hybridized carbons (Fsp3) is 0.348. The van der Waals surface area contributed by atoms with Gasteiger partial charge in [-0.3, -0.25) is 9.59 Å². The van der Waals surface area contributed by atoms with Crippen LogP contribution in [-0.2, 0) is 11.5 Å². The van der Waals surface area contributed by atoms with E-state index in [4.69, 9.17) is 22.4 Å². The Morgan fingerprint density at radius 1 is 0.750 bits per heavy atom. The summed E-state index contributed by atoms with van der Waals surface area (Å²) in [6, 6.07) is 14.9. The van der Waals surface area contributed by atoms with E-state index in [1.54, 1.807) is 61.9 Å². The number of amides is 2. The molecular weight excluding hydrogens is 464 g/mol. The predicted octanol–water partition coefficient (Wildman–Crippen LogP) is 3.27. The molecule has 2 amide bonds. The summed E-state index contributed by atoms with van der Waals surface area (Å²) in [4.78, 5) is 27.4. The highest BCUT2D eigenvalue weighted by Crippen LogP contribution is 2.25. The van der Waals surface area contributed by atoms with Gasteiger partial charge in [-0.2, -0.15) is 0 Å². The molecular formula is C23H28N2O4S3. The number of thiocarbonyl (C=S) groups is 1. The number of carbonyl (C=O) groups is 2. The fourth-order valence-electron chi connectivity index (χ4n) is 2.76. The minimum absolute atomic E-state index is 0.0592. The number of aliphatic hydroxyl groups is 2. The van der Waals surface area contributed by atoms with Crippen LogP contribution in [0.15, 0.2) is 48.5 Å². The summed E-state index contributed by atoms with van der Waals surface area (Å²) < 4.78 is 0.829. The van der Waals surface area contributed by atoms with Gasteiger partial charge in [0, 0.05) is 49.8 Å².